The second-order valence-electron chi connectivity index (χ2n) is 8.14. The molecule has 0 amide bonds. The summed E-state index contributed by atoms with van der Waals surface area (Å²) in [6.07, 6.45) is 2.54. The van der Waals surface area contributed by atoms with Crippen molar-refractivity contribution in [2.24, 2.45) is 0 Å². The van der Waals surface area contributed by atoms with Gasteiger partial charge in [-0.25, -0.2) is 0 Å². The van der Waals surface area contributed by atoms with Crippen LogP contribution in [0.3, 0.4) is 0 Å². The van der Waals surface area contributed by atoms with Gasteiger partial charge in [-0.15, -0.1) is 12.1 Å². The topological polar surface area (TPSA) is 0 Å². The lowest BCUT2D eigenvalue weighted by molar-refractivity contribution is 1.58. The molecule has 0 aromatic heterocycles. The van der Waals surface area contributed by atoms with Crippen LogP contribution >= 0.6 is 14.8 Å². The minimum atomic E-state index is -2.03. The molecule has 0 spiro atoms. The van der Waals surface area contributed by atoms with Crippen LogP contribution in [0.25, 0.3) is 0 Å². The summed E-state index contributed by atoms with van der Waals surface area (Å²) in [5.41, 5.74) is 3.96. The highest BCUT2D eigenvalue weighted by Gasteiger charge is 2.23. The quantitative estimate of drug-likeness (QED) is 0.181. The van der Waals surface area contributed by atoms with E-state index in [0.29, 0.717) is 0 Å². The molecule has 166 valence electrons. The van der Waals surface area contributed by atoms with Gasteiger partial charge in [-0.1, -0.05) is 140 Å². The molecule has 0 aliphatic carbocycles. The van der Waals surface area contributed by atoms with E-state index in [9.17, 15) is 0 Å². The Balaban J connectivity index is 1.83. The summed E-state index contributed by atoms with van der Waals surface area (Å²) < 4.78 is 0. The summed E-state index contributed by atoms with van der Waals surface area (Å²) >= 11 is 0. The van der Waals surface area contributed by atoms with Crippen LogP contribution in [-0.2, 0) is 0 Å². The van der Waals surface area contributed by atoms with Crippen LogP contribution in [-0.4, -0.2) is 5.54 Å². The molecule has 0 saturated carbocycles. The minimum absolute atomic E-state index is 0.689. The molecule has 5 aromatic carbocycles. The number of hydrogen-bond acceptors (Lipinski definition) is 0. The Labute approximate surface area is 204 Å². The van der Waals surface area contributed by atoms with Crippen molar-refractivity contribution in [2.75, 3.05) is 0 Å². The first-order valence-electron chi connectivity index (χ1n) is 11.5. The summed E-state index contributed by atoms with van der Waals surface area (Å²) in [7, 11) is -0.689. The van der Waals surface area contributed by atoms with Gasteiger partial charge in [0.25, 0.3) is 0 Å². The predicted molar refractivity (Wildman–Crippen MR) is 154 cm³/mol. The third kappa shape index (κ3) is 4.95. The largest absolute Gasteiger partial charge is 0.187 e. The molecule has 0 aliphatic rings. The maximum absolute atomic E-state index is 2.70. The van der Waals surface area contributed by atoms with Crippen molar-refractivity contribution in [1.82, 2.24) is 0 Å². The highest BCUT2D eigenvalue weighted by molar-refractivity contribution is 8.05. The van der Waals surface area contributed by atoms with Crippen LogP contribution in [0.2, 0.25) is 0 Å². The van der Waals surface area contributed by atoms with Crippen molar-refractivity contribution < 1.29 is 0 Å². The maximum atomic E-state index is 2.70. The molecular formula is C32H27P2-. The molecule has 0 radical (unpaired) electrons. The van der Waals surface area contributed by atoms with Gasteiger partial charge < -0.3 is 0 Å². The van der Waals surface area contributed by atoms with E-state index >= 15 is 0 Å². The van der Waals surface area contributed by atoms with Gasteiger partial charge in [-0.05, 0) is 29.1 Å². The number of hydrogen-bond donors (Lipinski definition) is 0. The van der Waals surface area contributed by atoms with Crippen LogP contribution in [0.4, 0.5) is 0 Å². The van der Waals surface area contributed by atoms with Crippen molar-refractivity contribution in [3.8, 4) is 0 Å². The van der Waals surface area contributed by atoms with E-state index in [2.05, 4.69) is 163 Å². The van der Waals surface area contributed by atoms with Crippen molar-refractivity contribution in [3.05, 3.63) is 163 Å². The smallest absolute Gasteiger partial charge is 0.0156 e. The SMILES string of the molecule is C(P(c1ccccc1)c1ccccc1)=P([CH-]c1ccccc1)(c1ccccc1)c1ccccc1. The lowest BCUT2D eigenvalue weighted by Gasteiger charge is -2.35. The highest BCUT2D eigenvalue weighted by atomic mass is 31.2. The van der Waals surface area contributed by atoms with Crippen LogP contribution in [0.5, 0.6) is 0 Å². The van der Waals surface area contributed by atoms with Gasteiger partial charge in [-0.3, -0.25) is 0 Å². The van der Waals surface area contributed by atoms with E-state index in [1.165, 1.54) is 26.8 Å². The Morgan fingerprint density at radius 1 is 0.441 bits per heavy atom. The van der Waals surface area contributed by atoms with Gasteiger partial charge in [0.2, 0.25) is 0 Å². The molecule has 0 fully saturated rings. The summed E-state index contributed by atoms with van der Waals surface area (Å²) in [5, 5.41) is 5.51. The molecule has 0 heterocycles. The first kappa shape index (κ1) is 22.5. The van der Waals surface area contributed by atoms with Crippen LogP contribution in [0, 0.1) is 6.16 Å². The molecule has 0 N–H and O–H groups in total. The zero-order valence-electron chi connectivity index (χ0n) is 19.0. The molecular weight excluding hydrogens is 446 g/mol. The zero-order chi connectivity index (χ0) is 23.1. The fourth-order valence-corrected chi connectivity index (χ4v) is 11.9. The molecule has 0 aliphatic heterocycles. The molecule has 0 unspecified atom stereocenters. The van der Waals surface area contributed by atoms with Gasteiger partial charge in [0.05, 0.1) is 0 Å². The van der Waals surface area contributed by atoms with Crippen molar-refractivity contribution in [1.29, 1.82) is 0 Å². The third-order valence-electron chi connectivity index (χ3n) is 5.89. The Hall–Kier alpha value is -3.30. The zero-order valence-corrected chi connectivity index (χ0v) is 20.8. The molecule has 5 rings (SSSR count). The van der Waals surface area contributed by atoms with Gasteiger partial charge in [0.1, 0.15) is 0 Å². The summed E-state index contributed by atoms with van der Waals surface area (Å²) in [5.74, 6) is 0. The van der Waals surface area contributed by atoms with E-state index in [1.807, 2.05) is 0 Å². The van der Waals surface area contributed by atoms with Crippen molar-refractivity contribution >= 4 is 41.6 Å². The average Bonchev–Trinajstić information content (AvgIpc) is 2.93. The molecule has 0 nitrogen and oxygen atoms in total. The van der Waals surface area contributed by atoms with Crippen LogP contribution in [0.15, 0.2) is 152 Å². The molecule has 34 heavy (non-hydrogen) atoms. The van der Waals surface area contributed by atoms with Gasteiger partial charge in [0.15, 0.2) is 0 Å². The van der Waals surface area contributed by atoms with Crippen LogP contribution in [0.1, 0.15) is 5.56 Å². The Morgan fingerprint density at radius 2 is 0.794 bits per heavy atom. The van der Waals surface area contributed by atoms with Crippen molar-refractivity contribution in [2.45, 2.75) is 0 Å². The summed E-state index contributed by atoms with van der Waals surface area (Å²) in [4.78, 5) is 0. The molecule has 0 saturated heterocycles. The van der Waals surface area contributed by atoms with E-state index in [-0.39, 0.29) is 0 Å². The molecule has 0 atom stereocenters. The van der Waals surface area contributed by atoms with Crippen molar-refractivity contribution in [3.63, 3.8) is 0 Å². The van der Waals surface area contributed by atoms with Gasteiger partial charge >= 0.3 is 0 Å². The maximum Gasteiger partial charge on any atom is -0.0156 e. The minimum Gasteiger partial charge on any atom is -0.187 e. The first-order chi connectivity index (χ1) is 16.9. The third-order valence-corrected chi connectivity index (χ3v) is 13.0. The Bertz CT molecular complexity index is 1260. The van der Waals surface area contributed by atoms with E-state index in [4.69, 9.17) is 0 Å². The van der Waals surface area contributed by atoms with Gasteiger partial charge in [0, 0.05) is 0 Å². The predicted octanol–water partition coefficient (Wildman–Crippen LogP) is 6.76. The molecule has 5 aromatic rings. The fourth-order valence-electron chi connectivity index (χ4n) is 4.23. The van der Waals surface area contributed by atoms with Gasteiger partial charge in [-0.2, -0.15) is 23.9 Å². The number of benzene rings is 5. The lowest BCUT2D eigenvalue weighted by Crippen LogP contribution is -2.21. The Morgan fingerprint density at radius 3 is 1.21 bits per heavy atom. The van der Waals surface area contributed by atoms with E-state index in [0.717, 1.165) is 0 Å². The lowest BCUT2D eigenvalue weighted by atomic mass is 10.2. The fraction of sp³-hybridized carbons (Fsp3) is 0. The average molecular weight is 474 g/mol. The number of rotatable bonds is 7. The van der Waals surface area contributed by atoms with E-state index < -0.39 is 14.8 Å². The first-order valence-corrected chi connectivity index (χ1v) is 14.8. The van der Waals surface area contributed by atoms with Crippen LogP contribution < -0.4 is 21.2 Å². The molecule has 2 heteroatoms. The normalized spacial score (nSPS) is 11.2. The summed E-state index contributed by atoms with van der Waals surface area (Å²) in [6, 6.07) is 54.9. The molecule has 0 bridgehead atoms. The van der Waals surface area contributed by atoms with E-state index in [1.54, 1.807) is 0 Å². The monoisotopic (exact) mass is 473 g/mol. The second-order valence-corrected chi connectivity index (χ2v) is 13.7. The highest BCUT2D eigenvalue weighted by Crippen LogP contribution is 2.54. The standard InChI is InChI=1S/C32H27P2/c1-6-16-28(17-7-1)26-34(31-22-12-4-13-23-31,32-24-14-5-15-25-32)27-33(29-18-8-2-9-19-29)30-20-10-3-11-21-30/h1-27H/q-1. The Kier molecular flexibility index (Phi) is 7.11. The summed E-state index contributed by atoms with van der Waals surface area (Å²) in [6.45, 7) is -2.03. The second kappa shape index (κ2) is 10.8.